The minimum absolute atomic E-state index is 0.112. The summed E-state index contributed by atoms with van der Waals surface area (Å²) < 4.78 is 18.8. The molecule has 134 valence electrons. The van der Waals surface area contributed by atoms with Crippen LogP contribution in [0.3, 0.4) is 0 Å². The Morgan fingerprint density at radius 3 is 2.81 bits per heavy atom. The van der Waals surface area contributed by atoms with Gasteiger partial charge in [0.1, 0.15) is 18.1 Å². The predicted molar refractivity (Wildman–Crippen MR) is 88.6 cm³/mol. The van der Waals surface area contributed by atoms with Gasteiger partial charge in [0.15, 0.2) is 5.69 Å². The van der Waals surface area contributed by atoms with Crippen molar-refractivity contribution in [3.05, 3.63) is 54.3 Å². The van der Waals surface area contributed by atoms with Gasteiger partial charge >= 0.3 is 0 Å². The molecule has 1 aliphatic rings. The number of halogens is 1. The zero-order chi connectivity index (χ0) is 18.1. The molecule has 9 heteroatoms. The molecule has 0 spiro atoms. The van der Waals surface area contributed by atoms with E-state index in [0.29, 0.717) is 18.9 Å². The molecule has 2 unspecified atom stereocenters. The molecule has 26 heavy (non-hydrogen) atoms. The fourth-order valence-corrected chi connectivity index (χ4v) is 2.90. The monoisotopic (exact) mass is 356 g/mol. The van der Waals surface area contributed by atoms with Gasteiger partial charge in [-0.25, -0.2) is 9.37 Å². The number of carbonyl (C=O) groups excluding carboxylic acids is 1. The molecule has 1 amide bonds. The van der Waals surface area contributed by atoms with Crippen LogP contribution >= 0.6 is 0 Å². The van der Waals surface area contributed by atoms with E-state index in [1.54, 1.807) is 18.6 Å². The molecule has 0 aromatic carbocycles. The first-order valence-corrected chi connectivity index (χ1v) is 8.33. The Labute approximate surface area is 148 Å². The molecule has 0 aliphatic carbocycles. The Hall–Kier alpha value is -3.10. The van der Waals surface area contributed by atoms with E-state index < -0.39 is 6.17 Å². The molecular weight excluding hydrogens is 339 g/mol. The van der Waals surface area contributed by atoms with E-state index in [4.69, 9.17) is 4.42 Å². The summed E-state index contributed by atoms with van der Waals surface area (Å²) in [6.45, 7) is 2.41. The molecule has 2 atom stereocenters. The molecule has 0 bridgehead atoms. The third kappa shape index (κ3) is 3.07. The van der Waals surface area contributed by atoms with Crippen molar-refractivity contribution in [2.45, 2.75) is 25.4 Å². The first-order chi connectivity index (χ1) is 12.6. The number of oxazole rings is 1. The molecule has 1 saturated heterocycles. The van der Waals surface area contributed by atoms with Crippen molar-refractivity contribution in [3.63, 3.8) is 0 Å². The molecule has 0 saturated carbocycles. The number of amides is 1. The second-order valence-electron chi connectivity index (χ2n) is 6.19. The van der Waals surface area contributed by atoms with Crippen molar-refractivity contribution >= 4 is 5.91 Å². The van der Waals surface area contributed by atoms with Crippen molar-refractivity contribution in [3.8, 4) is 5.69 Å². The third-order valence-electron chi connectivity index (χ3n) is 4.39. The molecular formula is C17H17FN6O2. The average Bonchev–Trinajstić information content (AvgIpc) is 3.42. The van der Waals surface area contributed by atoms with E-state index in [0.717, 1.165) is 11.4 Å². The average molecular weight is 356 g/mol. The zero-order valence-electron chi connectivity index (χ0n) is 14.1. The molecule has 3 aromatic rings. The maximum atomic E-state index is 13.3. The molecule has 4 rings (SSSR count). The number of nitrogens with zero attached hydrogens (tertiary/aromatic N) is 6. The van der Waals surface area contributed by atoms with Crippen molar-refractivity contribution in [1.29, 1.82) is 0 Å². The Bertz CT molecular complexity index is 892. The lowest BCUT2D eigenvalue weighted by atomic mass is 10.1. The Morgan fingerprint density at radius 2 is 2.15 bits per heavy atom. The number of hydrogen-bond acceptors (Lipinski definition) is 6. The van der Waals surface area contributed by atoms with Crippen LogP contribution in [0.1, 0.15) is 41.3 Å². The molecule has 1 aliphatic heterocycles. The molecule has 3 aromatic heterocycles. The highest BCUT2D eigenvalue weighted by Gasteiger charge is 2.29. The SMILES string of the molecule is CC(c1ccc(-n2nccn2)cn1)c1nc(C(=O)N2CCC(F)C2)co1. The van der Waals surface area contributed by atoms with E-state index >= 15 is 0 Å². The summed E-state index contributed by atoms with van der Waals surface area (Å²) in [5, 5.41) is 8.10. The van der Waals surface area contributed by atoms with Gasteiger partial charge in [-0.15, -0.1) is 0 Å². The minimum atomic E-state index is -0.962. The highest BCUT2D eigenvalue weighted by atomic mass is 19.1. The minimum Gasteiger partial charge on any atom is -0.447 e. The van der Waals surface area contributed by atoms with Gasteiger partial charge in [-0.3, -0.25) is 9.78 Å². The van der Waals surface area contributed by atoms with Crippen LogP contribution in [0.4, 0.5) is 4.39 Å². The van der Waals surface area contributed by atoms with Gasteiger partial charge in [-0.2, -0.15) is 15.0 Å². The summed E-state index contributed by atoms with van der Waals surface area (Å²) >= 11 is 0. The predicted octanol–water partition coefficient (Wildman–Crippen LogP) is 1.99. The summed E-state index contributed by atoms with van der Waals surface area (Å²) in [6.07, 6.45) is 5.57. The van der Waals surface area contributed by atoms with Gasteiger partial charge in [0.05, 0.1) is 36.7 Å². The van der Waals surface area contributed by atoms with Gasteiger partial charge in [0.2, 0.25) is 5.89 Å². The Morgan fingerprint density at radius 1 is 1.35 bits per heavy atom. The fraction of sp³-hybridized carbons (Fsp3) is 0.353. The van der Waals surface area contributed by atoms with Crippen LogP contribution in [0.25, 0.3) is 5.69 Å². The first kappa shape index (κ1) is 16.4. The van der Waals surface area contributed by atoms with Crippen molar-refractivity contribution in [1.82, 2.24) is 29.9 Å². The molecule has 1 fully saturated rings. The molecule has 8 nitrogen and oxygen atoms in total. The van der Waals surface area contributed by atoms with Crippen LogP contribution in [0, 0.1) is 0 Å². The number of hydrogen-bond donors (Lipinski definition) is 0. The van der Waals surface area contributed by atoms with Crippen LogP contribution in [-0.4, -0.2) is 55.0 Å². The summed E-state index contributed by atoms with van der Waals surface area (Å²) in [5.74, 6) is -0.147. The van der Waals surface area contributed by atoms with Crippen LogP contribution in [-0.2, 0) is 0 Å². The maximum Gasteiger partial charge on any atom is 0.275 e. The number of pyridine rings is 1. The van der Waals surface area contributed by atoms with Gasteiger partial charge in [0, 0.05) is 6.54 Å². The summed E-state index contributed by atoms with van der Waals surface area (Å²) in [7, 11) is 0. The lowest BCUT2D eigenvalue weighted by Gasteiger charge is -2.12. The third-order valence-corrected chi connectivity index (χ3v) is 4.39. The lowest BCUT2D eigenvalue weighted by Crippen LogP contribution is -2.29. The number of alkyl halides is 1. The van der Waals surface area contributed by atoms with E-state index in [9.17, 15) is 9.18 Å². The van der Waals surface area contributed by atoms with Gasteiger partial charge < -0.3 is 9.32 Å². The second-order valence-corrected chi connectivity index (χ2v) is 6.19. The Balaban J connectivity index is 1.49. The number of rotatable bonds is 4. The highest BCUT2D eigenvalue weighted by Crippen LogP contribution is 2.23. The van der Waals surface area contributed by atoms with Crippen molar-refractivity contribution < 1.29 is 13.6 Å². The van der Waals surface area contributed by atoms with E-state index in [1.165, 1.54) is 16.0 Å². The van der Waals surface area contributed by atoms with E-state index in [1.807, 2.05) is 19.1 Å². The fourth-order valence-electron chi connectivity index (χ4n) is 2.90. The van der Waals surface area contributed by atoms with E-state index in [-0.39, 0.29) is 24.1 Å². The van der Waals surface area contributed by atoms with Gasteiger partial charge in [-0.05, 0) is 25.5 Å². The van der Waals surface area contributed by atoms with Crippen LogP contribution < -0.4 is 0 Å². The summed E-state index contributed by atoms with van der Waals surface area (Å²) in [6, 6.07) is 3.68. The van der Waals surface area contributed by atoms with Gasteiger partial charge in [-0.1, -0.05) is 0 Å². The number of likely N-dealkylation sites (tertiary alicyclic amines) is 1. The topological polar surface area (TPSA) is 89.9 Å². The van der Waals surface area contributed by atoms with Crippen LogP contribution in [0.15, 0.2) is 41.4 Å². The van der Waals surface area contributed by atoms with Crippen molar-refractivity contribution in [2.24, 2.45) is 0 Å². The Kier molecular flexibility index (Phi) is 4.19. The standard InChI is InChI=1S/C17H17FN6O2/c1-11(14-3-2-13(8-19-14)24-20-5-6-21-24)16-22-15(10-26-16)17(25)23-7-4-12(18)9-23/h2-3,5-6,8,10-12H,4,7,9H2,1H3. The largest absolute Gasteiger partial charge is 0.447 e. The number of carbonyl (C=O) groups is 1. The quantitative estimate of drug-likeness (QED) is 0.710. The zero-order valence-corrected chi connectivity index (χ0v) is 14.1. The molecule has 0 N–H and O–H groups in total. The van der Waals surface area contributed by atoms with Crippen molar-refractivity contribution in [2.75, 3.05) is 13.1 Å². The summed E-state index contributed by atoms with van der Waals surface area (Å²) in [4.78, 5) is 24.0. The lowest BCUT2D eigenvalue weighted by molar-refractivity contribution is 0.0777. The normalized spacial score (nSPS) is 18.2. The van der Waals surface area contributed by atoms with Crippen LogP contribution in [0.2, 0.25) is 0 Å². The van der Waals surface area contributed by atoms with Crippen LogP contribution in [0.5, 0.6) is 0 Å². The number of aromatic nitrogens is 5. The van der Waals surface area contributed by atoms with Gasteiger partial charge in [0.25, 0.3) is 5.91 Å². The first-order valence-electron chi connectivity index (χ1n) is 8.33. The van der Waals surface area contributed by atoms with E-state index in [2.05, 4.69) is 20.2 Å². The second kappa shape index (κ2) is 6.66. The smallest absolute Gasteiger partial charge is 0.275 e. The molecule has 4 heterocycles. The summed E-state index contributed by atoms with van der Waals surface area (Å²) in [5.41, 5.74) is 1.68. The highest BCUT2D eigenvalue weighted by molar-refractivity contribution is 5.92. The molecule has 0 radical (unpaired) electrons. The maximum absolute atomic E-state index is 13.3.